The Kier molecular flexibility index (Phi) is 2.50. The van der Waals surface area contributed by atoms with Gasteiger partial charge in [-0.2, -0.15) is 0 Å². The molecule has 1 saturated carbocycles. The molecule has 0 amide bonds. The van der Waals surface area contributed by atoms with Crippen LogP contribution in [0.4, 0.5) is 0 Å². The van der Waals surface area contributed by atoms with Crippen molar-refractivity contribution in [2.75, 3.05) is 13.1 Å². The van der Waals surface area contributed by atoms with Gasteiger partial charge in [0.25, 0.3) is 0 Å². The first-order valence-electron chi connectivity index (χ1n) is 7.76. The van der Waals surface area contributed by atoms with Crippen LogP contribution in [0, 0.1) is 17.8 Å². The van der Waals surface area contributed by atoms with Crippen LogP contribution in [-0.2, 0) is 4.79 Å². The lowest BCUT2D eigenvalue weighted by Gasteiger charge is -2.65. The molecule has 3 heteroatoms. The molecule has 4 aliphatic rings. The van der Waals surface area contributed by atoms with Crippen LogP contribution in [0.2, 0.25) is 0 Å². The van der Waals surface area contributed by atoms with Gasteiger partial charge >= 0.3 is 0 Å². The quantitative estimate of drug-likeness (QED) is 0.675. The van der Waals surface area contributed by atoms with Gasteiger partial charge in [-0.1, -0.05) is 11.6 Å². The topological polar surface area (TPSA) is 40.5 Å². The van der Waals surface area contributed by atoms with Crippen molar-refractivity contribution >= 4 is 5.78 Å². The lowest BCUT2D eigenvalue weighted by Crippen LogP contribution is -2.73. The zero-order valence-corrected chi connectivity index (χ0v) is 11.6. The molecule has 1 unspecified atom stereocenters. The molecule has 2 heterocycles. The summed E-state index contributed by atoms with van der Waals surface area (Å²) in [5.74, 6) is 1.23. The fraction of sp³-hybridized carbons (Fsp3) is 0.812. The number of rotatable bonds is 0. The second kappa shape index (κ2) is 3.92. The smallest absolute Gasteiger partial charge is 0.138 e. The molecule has 2 aliphatic carbocycles. The maximum absolute atomic E-state index is 12.5. The highest BCUT2D eigenvalue weighted by molar-refractivity contribution is 5.85. The SMILES string of the molecule is CC1=CC2CC(=O)[C@H]3CCCN4CC[C@H](O)[C@H]2[C@]34C1. The number of carbonyl (C=O) groups excluding carboxylic acids is 1. The number of allylic oxidation sites excluding steroid dienone is 1. The van der Waals surface area contributed by atoms with E-state index < -0.39 is 0 Å². The molecule has 0 aromatic rings. The molecule has 0 aromatic heterocycles. The Bertz CT molecular complexity index is 458. The number of aliphatic hydroxyl groups is 1. The van der Waals surface area contributed by atoms with Gasteiger partial charge in [-0.15, -0.1) is 0 Å². The molecule has 0 aromatic carbocycles. The van der Waals surface area contributed by atoms with E-state index in [9.17, 15) is 9.90 Å². The van der Waals surface area contributed by atoms with Crippen molar-refractivity contribution in [1.82, 2.24) is 4.90 Å². The van der Waals surface area contributed by atoms with Crippen molar-refractivity contribution in [2.45, 2.75) is 50.7 Å². The van der Waals surface area contributed by atoms with Crippen molar-refractivity contribution in [3.05, 3.63) is 11.6 Å². The molecule has 2 bridgehead atoms. The summed E-state index contributed by atoms with van der Waals surface area (Å²) >= 11 is 0. The van der Waals surface area contributed by atoms with Crippen LogP contribution in [0.5, 0.6) is 0 Å². The number of piperidine rings is 2. The summed E-state index contributed by atoms with van der Waals surface area (Å²) in [6.45, 7) is 4.30. The molecule has 3 nitrogen and oxygen atoms in total. The highest BCUT2D eigenvalue weighted by Gasteiger charge is 2.63. The molecule has 104 valence electrons. The first kappa shape index (κ1) is 12.1. The van der Waals surface area contributed by atoms with Gasteiger partial charge < -0.3 is 5.11 Å². The molecule has 0 radical (unpaired) electrons. The highest BCUT2D eigenvalue weighted by atomic mass is 16.3. The highest BCUT2D eigenvalue weighted by Crippen LogP contribution is 2.57. The van der Waals surface area contributed by atoms with Gasteiger partial charge in [0.2, 0.25) is 0 Å². The maximum Gasteiger partial charge on any atom is 0.138 e. The van der Waals surface area contributed by atoms with Crippen LogP contribution in [0.3, 0.4) is 0 Å². The van der Waals surface area contributed by atoms with Gasteiger partial charge in [-0.05, 0) is 45.1 Å². The Balaban J connectivity index is 1.89. The van der Waals surface area contributed by atoms with E-state index in [-0.39, 0.29) is 23.5 Å². The van der Waals surface area contributed by atoms with Gasteiger partial charge in [-0.3, -0.25) is 9.69 Å². The minimum absolute atomic E-state index is 0.0330. The second-order valence-corrected chi connectivity index (χ2v) is 7.08. The molecule has 5 atom stereocenters. The van der Waals surface area contributed by atoms with Crippen LogP contribution in [0.1, 0.15) is 39.0 Å². The van der Waals surface area contributed by atoms with Crippen LogP contribution in [0.25, 0.3) is 0 Å². The summed E-state index contributed by atoms with van der Waals surface area (Å²) < 4.78 is 0. The largest absolute Gasteiger partial charge is 0.393 e. The lowest BCUT2D eigenvalue weighted by atomic mass is 9.50. The standard InChI is InChI=1S/C16H23NO2/c1-10-7-11-8-14(19)12-3-2-5-17-6-4-13(18)15(11)16(12,17)9-10/h7,11-13,15,18H,2-6,8-9H2,1H3/t11?,12-,13+,15+,16+/m1/s1. The van der Waals surface area contributed by atoms with E-state index in [2.05, 4.69) is 17.9 Å². The minimum atomic E-state index is -0.209. The Labute approximate surface area is 114 Å². The Morgan fingerprint density at radius 3 is 3.05 bits per heavy atom. The summed E-state index contributed by atoms with van der Waals surface area (Å²) in [6, 6.07) is 0. The molecule has 4 rings (SSSR count). The van der Waals surface area contributed by atoms with Gasteiger partial charge in [0.05, 0.1) is 6.10 Å². The summed E-state index contributed by atoms with van der Waals surface area (Å²) in [7, 11) is 0. The Morgan fingerprint density at radius 1 is 1.37 bits per heavy atom. The van der Waals surface area contributed by atoms with Crippen LogP contribution >= 0.6 is 0 Å². The maximum atomic E-state index is 12.5. The third kappa shape index (κ3) is 1.43. The summed E-state index contributed by atoms with van der Waals surface area (Å²) in [6.07, 6.45) is 6.81. The second-order valence-electron chi connectivity index (χ2n) is 7.08. The van der Waals surface area contributed by atoms with E-state index in [4.69, 9.17) is 0 Å². The molecular formula is C16H23NO2. The van der Waals surface area contributed by atoms with Crippen molar-refractivity contribution in [3.63, 3.8) is 0 Å². The molecule has 1 N–H and O–H groups in total. The fourth-order valence-electron chi connectivity index (χ4n) is 5.71. The third-order valence-electron chi connectivity index (χ3n) is 6.15. The zero-order chi connectivity index (χ0) is 13.2. The van der Waals surface area contributed by atoms with Crippen molar-refractivity contribution in [1.29, 1.82) is 0 Å². The predicted octanol–water partition coefficient (Wildman–Crippen LogP) is 1.76. The van der Waals surface area contributed by atoms with Crippen molar-refractivity contribution in [2.24, 2.45) is 17.8 Å². The van der Waals surface area contributed by atoms with Crippen molar-refractivity contribution in [3.8, 4) is 0 Å². The Morgan fingerprint density at radius 2 is 2.21 bits per heavy atom. The van der Waals surface area contributed by atoms with Crippen LogP contribution in [0.15, 0.2) is 11.6 Å². The van der Waals surface area contributed by atoms with Gasteiger partial charge in [0.1, 0.15) is 5.78 Å². The van der Waals surface area contributed by atoms with E-state index in [1.807, 2.05) is 0 Å². The molecule has 2 aliphatic heterocycles. The Hall–Kier alpha value is -0.670. The van der Waals surface area contributed by atoms with Crippen molar-refractivity contribution < 1.29 is 9.90 Å². The van der Waals surface area contributed by atoms with Crippen LogP contribution in [-0.4, -0.2) is 40.5 Å². The first-order valence-corrected chi connectivity index (χ1v) is 7.76. The number of aliphatic hydroxyl groups excluding tert-OH is 1. The lowest BCUT2D eigenvalue weighted by molar-refractivity contribution is -0.175. The minimum Gasteiger partial charge on any atom is -0.393 e. The van der Waals surface area contributed by atoms with E-state index in [1.165, 1.54) is 5.57 Å². The van der Waals surface area contributed by atoms with E-state index in [0.717, 1.165) is 38.8 Å². The molecule has 1 spiro atoms. The van der Waals surface area contributed by atoms with E-state index in [1.54, 1.807) is 0 Å². The fourth-order valence-corrected chi connectivity index (χ4v) is 5.71. The van der Waals surface area contributed by atoms with E-state index in [0.29, 0.717) is 18.1 Å². The molecule has 2 saturated heterocycles. The number of Topliss-reactive ketones (excluding diaryl/α,β-unsaturated/α-hetero) is 1. The predicted molar refractivity (Wildman–Crippen MR) is 72.6 cm³/mol. The van der Waals surface area contributed by atoms with Gasteiger partial charge in [0, 0.05) is 30.3 Å². The number of carbonyl (C=O) groups is 1. The average Bonchev–Trinajstić information content (AvgIpc) is 2.35. The number of nitrogens with zero attached hydrogens (tertiary/aromatic N) is 1. The number of ketones is 1. The summed E-state index contributed by atoms with van der Waals surface area (Å²) in [4.78, 5) is 15.1. The number of hydrogen-bond acceptors (Lipinski definition) is 3. The number of hydrogen-bond donors (Lipinski definition) is 1. The average molecular weight is 261 g/mol. The summed E-state index contributed by atoms with van der Waals surface area (Å²) in [5, 5.41) is 10.6. The van der Waals surface area contributed by atoms with Gasteiger partial charge in [-0.25, -0.2) is 0 Å². The zero-order valence-electron chi connectivity index (χ0n) is 11.6. The molecule has 19 heavy (non-hydrogen) atoms. The van der Waals surface area contributed by atoms with E-state index >= 15 is 0 Å². The third-order valence-corrected chi connectivity index (χ3v) is 6.15. The first-order chi connectivity index (χ1) is 9.13. The van der Waals surface area contributed by atoms with Crippen LogP contribution < -0.4 is 0 Å². The molecular weight excluding hydrogens is 238 g/mol. The normalized spacial score (nSPS) is 49.6. The summed E-state index contributed by atoms with van der Waals surface area (Å²) in [5.41, 5.74) is 1.40. The molecule has 3 fully saturated rings. The van der Waals surface area contributed by atoms with Gasteiger partial charge in [0.15, 0.2) is 0 Å². The monoisotopic (exact) mass is 261 g/mol.